The van der Waals surface area contributed by atoms with Crippen molar-refractivity contribution < 1.29 is 32.9 Å². The molecule has 1 fully saturated rings. The number of carboxylic acids is 1. The highest BCUT2D eigenvalue weighted by Gasteiger charge is 2.25. The summed E-state index contributed by atoms with van der Waals surface area (Å²) in [5.74, 6) is 0.785. The minimum absolute atomic E-state index is 0.141. The number of ether oxygens (including phenoxy) is 3. The van der Waals surface area contributed by atoms with Gasteiger partial charge in [0, 0.05) is 47.3 Å². The van der Waals surface area contributed by atoms with Crippen LogP contribution in [-0.2, 0) is 26.6 Å². The largest absolute Gasteiger partial charge is 0.492 e. The number of benzene rings is 2. The SMILES string of the molecule is Cn1c(CN2CCC(c3cccc(OCc4ccc(Cl)c5c4OCC5)n3)CC2)nc2c(OC(F)F)cc(C(=O)O)cc21. The van der Waals surface area contributed by atoms with Crippen LogP contribution >= 0.6 is 11.6 Å². The number of alkyl halides is 2. The minimum Gasteiger partial charge on any atom is -0.492 e. The standard InChI is InChI=1S/C30H29ClF2N4O5/c1-36-23-13-19(29(38)39)14-24(42-30(32)33)27(23)35-25(36)15-37-10-7-17(8-11-37)22-3-2-4-26(34-22)41-16-18-5-6-21(31)20-9-12-40-28(18)20/h2-6,13-14,17,30H,7-12,15-16H2,1H3,(H,38,39). The first-order valence-corrected chi connectivity index (χ1v) is 14.1. The molecule has 6 rings (SSSR count). The second-order valence-corrected chi connectivity index (χ2v) is 10.9. The van der Waals surface area contributed by atoms with Crippen molar-refractivity contribution in [1.82, 2.24) is 19.4 Å². The molecule has 0 unspecified atom stereocenters. The van der Waals surface area contributed by atoms with Crippen LogP contribution in [0.25, 0.3) is 11.0 Å². The lowest BCUT2D eigenvalue weighted by molar-refractivity contribution is -0.0489. The molecule has 0 aliphatic carbocycles. The first-order chi connectivity index (χ1) is 20.3. The Labute approximate surface area is 245 Å². The monoisotopic (exact) mass is 598 g/mol. The molecule has 0 bridgehead atoms. The second-order valence-electron chi connectivity index (χ2n) is 10.5. The molecule has 4 aromatic rings. The molecule has 4 heterocycles. The third-order valence-electron chi connectivity index (χ3n) is 7.88. The highest BCUT2D eigenvalue weighted by atomic mass is 35.5. The van der Waals surface area contributed by atoms with Crippen molar-refractivity contribution in [3.63, 3.8) is 0 Å². The van der Waals surface area contributed by atoms with Crippen molar-refractivity contribution in [2.24, 2.45) is 7.05 Å². The van der Waals surface area contributed by atoms with E-state index in [1.807, 2.05) is 30.3 Å². The van der Waals surface area contributed by atoms with E-state index in [2.05, 4.69) is 14.6 Å². The summed E-state index contributed by atoms with van der Waals surface area (Å²) < 4.78 is 44.2. The first-order valence-electron chi connectivity index (χ1n) is 13.7. The fourth-order valence-corrected chi connectivity index (χ4v) is 5.91. The van der Waals surface area contributed by atoms with Gasteiger partial charge in [-0.05, 0) is 50.2 Å². The smallest absolute Gasteiger partial charge is 0.387 e. The van der Waals surface area contributed by atoms with Gasteiger partial charge in [0.1, 0.15) is 23.7 Å². The van der Waals surface area contributed by atoms with Crippen LogP contribution in [0.2, 0.25) is 5.02 Å². The van der Waals surface area contributed by atoms with Crippen molar-refractivity contribution in [3.8, 4) is 17.4 Å². The van der Waals surface area contributed by atoms with Gasteiger partial charge in [-0.3, -0.25) is 4.90 Å². The lowest BCUT2D eigenvalue weighted by atomic mass is 9.93. The van der Waals surface area contributed by atoms with E-state index in [1.54, 1.807) is 11.6 Å². The molecule has 12 heteroatoms. The number of halogens is 3. The van der Waals surface area contributed by atoms with Crippen LogP contribution in [-0.4, -0.2) is 56.8 Å². The van der Waals surface area contributed by atoms with Crippen LogP contribution in [0.4, 0.5) is 8.78 Å². The minimum atomic E-state index is -3.09. The quantitative estimate of drug-likeness (QED) is 0.258. The highest BCUT2D eigenvalue weighted by molar-refractivity contribution is 6.31. The van der Waals surface area contributed by atoms with Gasteiger partial charge >= 0.3 is 12.6 Å². The number of likely N-dealkylation sites (tertiary alicyclic amines) is 1. The number of hydrogen-bond donors (Lipinski definition) is 1. The number of pyridine rings is 1. The molecule has 2 aromatic heterocycles. The number of fused-ring (bicyclic) bond motifs is 2. The van der Waals surface area contributed by atoms with Gasteiger partial charge in [0.05, 0.1) is 24.2 Å². The Kier molecular flexibility index (Phi) is 7.87. The van der Waals surface area contributed by atoms with Crippen molar-refractivity contribution in [2.75, 3.05) is 19.7 Å². The number of rotatable bonds is 9. The predicted octanol–water partition coefficient (Wildman–Crippen LogP) is 5.81. The van der Waals surface area contributed by atoms with E-state index in [0.717, 1.165) is 61.0 Å². The zero-order valence-electron chi connectivity index (χ0n) is 22.9. The maximum Gasteiger partial charge on any atom is 0.387 e. The number of piperidine rings is 1. The fraction of sp³-hybridized carbons (Fsp3) is 0.367. The van der Waals surface area contributed by atoms with Gasteiger partial charge in [-0.15, -0.1) is 0 Å². The molecule has 0 spiro atoms. The number of carboxylic acid groups (broad SMARTS) is 1. The average molecular weight is 599 g/mol. The van der Waals surface area contributed by atoms with Gasteiger partial charge in [0.25, 0.3) is 0 Å². The van der Waals surface area contributed by atoms with E-state index in [4.69, 9.17) is 26.1 Å². The molecular formula is C30H29ClF2N4O5. The third kappa shape index (κ3) is 5.71. The number of aromatic carboxylic acids is 1. The Bertz CT molecular complexity index is 1640. The van der Waals surface area contributed by atoms with Crippen LogP contribution in [0.15, 0.2) is 42.5 Å². The first kappa shape index (κ1) is 28.2. The topological polar surface area (TPSA) is 98.9 Å². The molecule has 220 valence electrons. The van der Waals surface area contributed by atoms with E-state index in [9.17, 15) is 18.7 Å². The molecule has 1 saturated heterocycles. The van der Waals surface area contributed by atoms with Gasteiger partial charge in [-0.25, -0.2) is 14.8 Å². The average Bonchev–Trinajstić information content (AvgIpc) is 3.59. The molecule has 0 atom stereocenters. The molecule has 42 heavy (non-hydrogen) atoms. The zero-order chi connectivity index (χ0) is 29.4. The number of carbonyl (C=O) groups is 1. The molecule has 2 aliphatic heterocycles. The summed E-state index contributed by atoms with van der Waals surface area (Å²) in [6, 6.07) is 12.1. The molecule has 0 radical (unpaired) electrons. The van der Waals surface area contributed by atoms with Crippen molar-refractivity contribution in [1.29, 1.82) is 0 Å². The van der Waals surface area contributed by atoms with Crippen LogP contribution < -0.4 is 14.2 Å². The van der Waals surface area contributed by atoms with Gasteiger partial charge in [0.15, 0.2) is 5.75 Å². The lowest BCUT2D eigenvalue weighted by Gasteiger charge is -2.31. The molecule has 2 aliphatic rings. The maximum absolute atomic E-state index is 13.0. The maximum atomic E-state index is 13.0. The number of nitrogens with zero attached hydrogens (tertiary/aromatic N) is 4. The van der Waals surface area contributed by atoms with Crippen molar-refractivity contribution in [3.05, 3.63) is 75.7 Å². The molecule has 9 nitrogen and oxygen atoms in total. The number of aryl methyl sites for hydroxylation is 1. The summed E-state index contributed by atoms with van der Waals surface area (Å²) in [4.78, 5) is 23.1. The van der Waals surface area contributed by atoms with Crippen molar-refractivity contribution in [2.45, 2.75) is 44.9 Å². The highest BCUT2D eigenvalue weighted by Crippen LogP contribution is 2.36. The molecule has 1 N–H and O–H groups in total. The summed E-state index contributed by atoms with van der Waals surface area (Å²) in [7, 11) is 1.75. The van der Waals surface area contributed by atoms with Gasteiger partial charge in [0.2, 0.25) is 5.88 Å². The Hall–Kier alpha value is -3.96. The molecular weight excluding hydrogens is 570 g/mol. The normalized spacial score (nSPS) is 15.6. The van der Waals surface area contributed by atoms with E-state index >= 15 is 0 Å². The van der Waals surface area contributed by atoms with Crippen LogP contribution in [0.1, 0.15) is 51.8 Å². The predicted molar refractivity (Wildman–Crippen MR) is 151 cm³/mol. The number of aromatic nitrogens is 3. The number of hydrogen-bond acceptors (Lipinski definition) is 7. The van der Waals surface area contributed by atoms with E-state index in [1.165, 1.54) is 6.07 Å². The van der Waals surface area contributed by atoms with Crippen LogP contribution in [0.5, 0.6) is 17.4 Å². The Morgan fingerprint density at radius 2 is 2.00 bits per heavy atom. The van der Waals surface area contributed by atoms with Gasteiger partial charge < -0.3 is 23.9 Å². The van der Waals surface area contributed by atoms with Crippen LogP contribution in [0, 0.1) is 0 Å². The Morgan fingerprint density at radius 1 is 1.19 bits per heavy atom. The lowest BCUT2D eigenvalue weighted by Crippen LogP contribution is -2.33. The summed E-state index contributed by atoms with van der Waals surface area (Å²) in [6.07, 6.45) is 2.55. The molecule has 2 aromatic carbocycles. The van der Waals surface area contributed by atoms with E-state index in [-0.39, 0.29) is 22.7 Å². The van der Waals surface area contributed by atoms with Crippen LogP contribution in [0.3, 0.4) is 0 Å². The van der Waals surface area contributed by atoms with Gasteiger partial charge in [-0.1, -0.05) is 23.7 Å². The summed E-state index contributed by atoms with van der Waals surface area (Å²) in [5, 5.41) is 10.1. The molecule has 0 amide bonds. The van der Waals surface area contributed by atoms with E-state index < -0.39 is 12.6 Å². The van der Waals surface area contributed by atoms with E-state index in [0.29, 0.717) is 42.0 Å². The molecule has 0 saturated carbocycles. The summed E-state index contributed by atoms with van der Waals surface area (Å²) in [5.41, 5.74) is 3.44. The zero-order valence-corrected chi connectivity index (χ0v) is 23.6. The summed E-state index contributed by atoms with van der Waals surface area (Å²) in [6.45, 7) is -0.0743. The van der Waals surface area contributed by atoms with Crippen molar-refractivity contribution >= 4 is 28.6 Å². The Balaban J connectivity index is 1.10. The number of imidazole rings is 1. The fourth-order valence-electron chi connectivity index (χ4n) is 5.67. The Morgan fingerprint density at radius 3 is 2.76 bits per heavy atom. The second kappa shape index (κ2) is 11.7. The van der Waals surface area contributed by atoms with Gasteiger partial charge in [-0.2, -0.15) is 8.78 Å². The summed E-state index contributed by atoms with van der Waals surface area (Å²) >= 11 is 6.30. The third-order valence-corrected chi connectivity index (χ3v) is 8.24.